The summed E-state index contributed by atoms with van der Waals surface area (Å²) in [6.45, 7) is 6.39. The van der Waals surface area contributed by atoms with Gasteiger partial charge in [-0.05, 0) is 55.0 Å². The van der Waals surface area contributed by atoms with Crippen LogP contribution in [-0.4, -0.2) is 49.0 Å². The highest BCUT2D eigenvalue weighted by Crippen LogP contribution is 2.33. The third-order valence-electron chi connectivity index (χ3n) is 6.00. The number of fused-ring (bicyclic) bond motifs is 1. The molecule has 4 rings (SSSR count). The largest absolute Gasteiger partial charge is 0.477 e. The van der Waals surface area contributed by atoms with Gasteiger partial charge in [0, 0.05) is 18.8 Å². The Labute approximate surface area is 184 Å². The zero-order valence-corrected chi connectivity index (χ0v) is 18.3. The number of ether oxygens (including phenoxy) is 1. The number of rotatable bonds is 5. The van der Waals surface area contributed by atoms with E-state index in [0.29, 0.717) is 18.2 Å². The van der Waals surface area contributed by atoms with Crippen molar-refractivity contribution in [2.24, 2.45) is 0 Å². The Bertz CT molecular complexity index is 920. The van der Waals surface area contributed by atoms with Crippen LogP contribution in [0.25, 0.3) is 0 Å². The quantitative estimate of drug-likeness (QED) is 0.792. The third-order valence-corrected chi connectivity index (χ3v) is 6.00. The molecule has 2 aliphatic rings. The summed E-state index contributed by atoms with van der Waals surface area (Å²) in [5, 5.41) is 2.98. The first kappa shape index (κ1) is 21.2. The molecule has 0 radical (unpaired) electrons. The number of piperidine rings is 1. The Morgan fingerprint density at radius 1 is 1.03 bits per heavy atom. The number of amides is 2. The molecule has 1 unspecified atom stereocenters. The average Bonchev–Trinajstić information content (AvgIpc) is 2.79. The minimum Gasteiger partial charge on any atom is -0.477 e. The smallest absolute Gasteiger partial charge is 0.265 e. The Morgan fingerprint density at radius 2 is 1.74 bits per heavy atom. The van der Waals surface area contributed by atoms with Gasteiger partial charge in [0.1, 0.15) is 5.75 Å². The monoisotopic (exact) mass is 421 g/mol. The van der Waals surface area contributed by atoms with Gasteiger partial charge in [-0.2, -0.15) is 0 Å². The number of para-hydroxylation sites is 2. The van der Waals surface area contributed by atoms with Crippen LogP contribution in [0.4, 0.5) is 11.4 Å². The zero-order valence-electron chi connectivity index (χ0n) is 18.3. The molecule has 164 valence electrons. The predicted octanol–water partition coefficient (Wildman–Crippen LogP) is 4.03. The lowest BCUT2D eigenvalue weighted by Gasteiger charge is -2.38. The fourth-order valence-corrected chi connectivity index (χ4v) is 4.23. The van der Waals surface area contributed by atoms with Crippen molar-refractivity contribution in [1.82, 2.24) is 4.90 Å². The van der Waals surface area contributed by atoms with E-state index in [0.717, 1.165) is 37.3 Å². The summed E-state index contributed by atoms with van der Waals surface area (Å²) in [5.74, 6) is 1.00. The highest BCUT2D eigenvalue weighted by Gasteiger charge is 2.34. The van der Waals surface area contributed by atoms with Crippen molar-refractivity contribution in [3.05, 3.63) is 54.1 Å². The van der Waals surface area contributed by atoms with Crippen molar-refractivity contribution in [2.45, 2.75) is 45.1 Å². The van der Waals surface area contributed by atoms with E-state index >= 15 is 0 Å². The zero-order chi connectivity index (χ0) is 21.8. The lowest BCUT2D eigenvalue weighted by Crippen LogP contribution is -2.52. The van der Waals surface area contributed by atoms with Crippen LogP contribution in [0.3, 0.4) is 0 Å². The highest BCUT2D eigenvalue weighted by atomic mass is 16.5. The minimum atomic E-state index is -0.592. The molecule has 6 heteroatoms. The number of nitrogens with one attached hydrogen (secondary N) is 1. The summed E-state index contributed by atoms with van der Waals surface area (Å²) in [6.07, 6.45) is 2.65. The summed E-state index contributed by atoms with van der Waals surface area (Å²) in [6, 6.07) is 15.6. The van der Waals surface area contributed by atoms with Gasteiger partial charge in [0.15, 0.2) is 6.10 Å². The molecule has 0 aliphatic carbocycles. The number of anilines is 2. The number of hydrogen-bond donors (Lipinski definition) is 1. The van der Waals surface area contributed by atoms with Gasteiger partial charge in [0.05, 0.1) is 18.8 Å². The second-order valence-electron chi connectivity index (χ2n) is 8.67. The van der Waals surface area contributed by atoms with Gasteiger partial charge < -0.3 is 19.9 Å². The normalized spacial score (nSPS) is 18.4. The van der Waals surface area contributed by atoms with Gasteiger partial charge in [-0.25, -0.2) is 0 Å². The highest BCUT2D eigenvalue weighted by molar-refractivity contribution is 5.95. The molecular weight excluding hydrogens is 390 g/mol. The van der Waals surface area contributed by atoms with Crippen LogP contribution in [-0.2, 0) is 9.59 Å². The molecule has 2 aromatic rings. The van der Waals surface area contributed by atoms with Gasteiger partial charge in [-0.1, -0.05) is 38.1 Å². The number of benzene rings is 2. The molecule has 2 aromatic carbocycles. The lowest BCUT2D eigenvalue weighted by molar-refractivity contribution is -0.139. The Hall–Kier alpha value is -3.02. The SMILES string of the molecule is CC(C)c1ccc(NC(=O)CN2CC(C(=O)N3CCCCC3)Oc3ccccc32)cc1. The third kappa shape index (κ3) is 5.01. The van der Waals surface area contributed by atoms with E-state index < -0.39 is 6.10 Å². The Balaban J connectivity index is 1.45. The molecule has 1 saturated heterocycles. The molecule has 0 saturated carbocycles. The van der Waals surface area contributed by atoms with E-state index in [1.54, 1.807) is 0 Å². The van der Waals surface area contributed by atoms with E-state index in [4.69, 9.17) is 4.74 Å². The van der Waals surface area contributed by atoms with Gasteiger partial charge in [0.25, 0.3) is 5.91 Å². The van der Waals surface area contributed by atoms with E-state index in [9.17, 15) is 9.59 Å². The number of carbonyl (C=O) groups is 2. The first-order chi connectivity index (χ1) is 15.0. The fraction of sp³-hybridized carbons (Fsp3) is 0.440. The van der Waals surface area contributed by atoms with Gasteiger partial charge in [-0.15, -0.1) is 0 Å². The molecule has 0 bridgehead atoms. The maximum absolute atomic E-state index is 13.0. The first-order valence-electron chi connectivity index (χ1n) is 11.2. The second kappa shape index (κ2) is 9.41. The molecule has 1 atom stereocenters. The van der Waals surface area contributed by atoms with Crippen LogP contribution >= 0.6 is 0 Å². The summed E-state index contributed by atoms with van der Waals surface area (Å²) in [7, 11) is 0. The fourth-order valence-electron chi connectivity index (χ4n) is 4.23. The maximum Gasteiger partial charge on any atom is 0.265 e. The molecule has 2 heterocycles. The van der Waals surface area contributed by atoms with Crippen LogP contribution in [0, 0.1) is 0 Å². The van der Waals surface area contributed by atoms with E-state index in [-0.39, 0.29) is 18.4 Å². The van der Waals surface area contributed by atoms with Crippen LogP contribution < -0.4 is 15.0 Å². The standard InChI is InChI=1S/C25H31N3O3/c1-18(2)19-10-12-20(13-11-19)26-24(29)17-28-16-23(25(30)27-14-6-3-7-15-27)31-22-9-5-4-8-21(22)28/h4-5,8-13,18,23H,3,6-7,14-17H2,1-2H3,(H,26,29). The minimum absolute atomic E-state index is 0.0175. The molecule has 2 aliphatic heterocycles. The summed E-state index contributed by atoms with van der Waals surface area (Å²) < 4.78 is 6.05. The number of nitrogens with zero attached hydrogens (tertiary/aromatic N) is 2. The van der Waals surface area contributed by atoms with Gasteiger partial charge in [0.2, 0.25) is 5.91 Å². The molecule has 6 nitrogen and oxygen atoms in total. The van der Waals surface area contributed by atoms with Crippen LogP contribution in [0.5, 0.6) is 5.75 Å². The molecule has 1 N–H and O–H groups in total. The molecule has 0 aromatic heterocycles. The topological polar surface area (TPSA) is 61.9 Å². The molecular formula is C25H31N3O3. The first-order valence-corrected chi connectivity index (χ1v) is 11.2. The van der Waals surface area contributed by atoms with Gasteiger partial charge >= 0.3 is 0 Å². The van der Waals surface area contributed by atoms with Gasteiger partial charge in [-0.3, -0.25) is 9.59 Å². The summed E-state index contributed by atoms with van der Waals surface area (Å²) in [4.78, 5) is 29.7. The van der Waals surface area contributed by atoms with Crippen molar-refractivity contribution in [1.29, 1.82) is 0 Å². The molecule has 2 amide bonds. The van der Waals surface area contributed by atoms with Crippen LogP contribution in [0.15, 0.2) is 48.5 Å². The molecule has 0 spiro atoms. The van der Waals surface area contributed by atoms with Crippen molar-refractivity contribution in [3.63, 3.8) is 0 Å². The number of likely N-dealkylation sites (tertiary alicyclic amines) is 1. The van der Waals surface area contributed by atoms with Crippen molar-refractivity contribution < 1.29 is 14.3 Å². The molecule has 1 fully saturated rings. The average molecular weight is 422 g/mol. The number of carbonyl (C=O) groups excluding carboxylic acids is 2. The van der Waals surface area contributed by atoms with Crippen LogP contribution in [0.2, 0.25) is 0 Å². The van der Waals surface area contributed by atoms with Crippen LogP contribution in [0.1, 0.15) is 44.6 Å². The van der Waals surface area contributed by atoms with Crippen molar-refractivity contribution in [3.8, 4) is 5.75 Å². The second-order valence-corrected chi connectivity index (χ2v) is 8.67. The Morgan fingerprint density at radius 3 is 2.45 bits per heavy atom. The number of hydrogen-bond acceptors (Lipinski definition) is 4. The van der Waals surface area contributed by atoms with Crippen molar-refractivity contribution >= 4 is 23.2 Å². The maximum atomic E-state index is 13.0. The lowest BCUT2D eigenvalue weighted by atomic mass is 10.0. The van der Waals surface area contributed by atoms with Crippen molar-refractivity contribution in [2.75, 3.05) is 36.4 Å². The summed E-state index contributed by atoms with van der Waals surface area (Å²) in [5.41, 5.74) is 2.85. The summed E-state index contributed by atoms with van der Waals surface area (Å²) >= 11 is 0. The predicted molar refractivity (Wildman–Crippen MR) is 123 cm³/mol. The molecule has 31 heavy (non-hydrogen) atoms. The van der Waals surface area contributed by atoms with E-state index in [2.05, 4.69) is 19.2 Å². The Kier molecular flexibility index (Phi) is 6.44. The van der Waals surface area contributed by atoms with E-state index in [1.807, 2.05) is 58.3 Å². The van der Waals surface area contributed by atoms with E-state index in [1.165, 1.54) is 12.0 Å².